The van der Waals surface area contributed by atoms with E-state index in [9.17, 15) is 14.4 Å². The Labute approximate surface area is 120 Å². The van der Waals surface area contributed by atoms with Crippen LogP contribution in [0.15, 0.2) is 24.3 Å². The van der Waals surface area contributed by atoms with Gasteiger partial charge in [0.1, 0.15) is 6.29 Å². The van der Waals surface area contributed by atoms with Gasteiger partial charge in [0, 0.05) is 5.56 Å². The Kier molecular flexibility index (Phi) is 3.89. The quantitative estimate of drug-likeness (QED) is 0.682. The molecule has 0 saturated heterocycles. The van der Waals surface area contributed by atoms with Crippen LogP contribution in [0.3, 0.4) is 0 Å². The van der Waals surface area contributed by atoms with Gasteiger partial charge in [-0.15, -0.1) is 0 Å². The normalized spacial score (nSPS) is 10.2. The van der Waals surface area contributed by atoms with Gasteiger partial charge in [-0.2, -0.15) is 0 Å². The molecule has 0 amide bonds. The van der Waals surface area contributed by atoms with Crippen molar-refractivity contribution in [2.24, 2.45) is 0 Å². The lowest BCUT2D eigenvalue weighted by atomic mass is 10.1. The number of ether oxygens (including phenoxy) is 2. The topological polar surface area (TPSA) is 95.7 Å². The van der Waals surface area contributed by atoms with Gasteiger partial charge in [0.15, 0.2) is 0 Å². The summed E-state index contributed by atoms with van der Waals surface area (Å²) >= 11 is 0. The molecule has 2 rings (SSSR count). The number of nitrogen functional groups attached to an aromatic ring is 1. The third-order valence-corrected chi connectivity index (χ3v) is 3.17. The highest BCUT2D eigenvalue weighted by Crippen LogP contribution is 2.39. The number of carbonyl (C=O) groups excluding carboxylic acids is 3. The van der Waals surface area contributed by atoms with Crippen molar-refractivity contribution in [1.82, 2.24) is 0 Å². The largest absolute Gasteiger partial charge is 0.465 e. The lowest BCUT2D eigenvalue weighted by Crippen LogP contribution is -2.07. The average molecular weight is 287 g/mol. The first-order valence-electron chi connectivity index (χ1n) is 6.02. The Morgan fingerprint density at radius 1 is 0.952 bits per heavy atom. The van der Waals surface area contributed by atoms with Gasteiger partial charge in [0.25, 0.3) is 0 Å². The van der Waals surface area contributed by atoms with Crippen LogP contribution in [0.5, 0.6) is 0 Å². The van der Waals surface area contributed by atoms with E-state index in [0.29, 0.717) is 23.0 Å². The molecule has 6 nitrogen and oxygen atoms in total. The van der Waals surface area contributed by atoms with E-state index < -0.39 is 11.9 Å². The van der Waals surface area contributed by atoms with Gasteiger partial charge in [-0.25, -0.2) is 9.59 Å². The molecular formula is C15H13NO5. The van der Waals surface area contributed by atoms with Crippen LogP contribution in [0.2, 0.25) is 0 Å². The Morgan fingerprint density at radius 2 is 1.38 bits per heavy atom. The fraction of sp³-hybridized carbons (Fsp3) is 0.133. The summed E-state index contributed by atoms with van der Waals surface area (Å²) in [5.74, 6) is -1.32. The van der Waals surface area contributed by atoms with Gasteiger partial charge in [-0.3, -0.25) is 4.79 Å². The lowest BCUT2D eigenvalue weighted by Gasteiger charge is -2.00. The van der Waals surface area contributed by atoms with E-state index in [-0.39, 0.29) is 16.8 Å². The van der Waals surface area contributed by atoms with Crippen molar-refractivity contribution in [3.63, 3.8) is 0 Å². The second kappa shape index (κ2) is 5.62. The van der Waals surface area contributed by atoms with Gasteiger partial charge in [0.2, 0.25) is 0 Å². The van der Waals surface area contributed by atoms with Crippen LogP contribution in [-0.4, -0.2) is 32.4 Å². The number of carbonyl (C=O) groups is 3. The van der Waals surface area contributed by atoms with Crippen molar-refractivity contribution in [3.05, 3.63) is 41.0 Å². The zero-order chi connectivity index (χ0) is 15.6. The summed E-state index contributed by atoms with van der Waals surface area (Å²) in [7, 11) is 2.44. The summed E-state index contributed by atoms with van der Waals surface area (Å²) in [6, 6.07) is 6.16. The van der Waals surface area contributed by atoms with Crippen molar-refractivity contribution >= 4 is 23.9 Å². The van der Waals surface area contributed by atoms with Crippen LogP contribution in [0.1, 0.15) is 31.1 Å². The van der Waals surface area contributed by atoms with Crippen molar-refractivity contribution < 1.29 is 23.9 Å². The molecule has 21 heavy (non-hydrogen) atoms. The van der Waals surface area contributed by atoms with E-state index in [4.69, 9.17) is 15.2 Å². The predicted molar refractivity (Wildman–Crippen MR) is 75.5 cm³/mol. The van der Waals surface area contributed by atoms with Crippen molar-refractivity contribution in [2.75, 3.05) is 20.0 Å². The molecule has 0 aromatic rings. The Hall–Kier alpha value is -2.89. The zero-order valence-electron chi connectivity index (χ0n) is 11.5. The molecule has 0 bridgehead atoms. The second-order valence-corrected chi connectivity index (χ2v) is 4.26. The smallest absolute Gasteiger partial charge is 0.340 e. The summed E-state index contributed by atoms with van der Waals surface area (Å²) in [4.78, 5) is 34.7. The molecule has 0 radical (unpaired) electrons. The number of anilines is 1. The molecule has 0 saturated carbocycles. The summed E-state index contributed by atoms with van der Waals surface area (Å²) in [5.41, 5.74) is 7.33. The minimum Gasteiger partial charge on any atom is -0.465 e. The van der Waals surface area contributed by atoms with Gasteiger partial charge in [-0.05, 0) is 11.1 Å². The first-order valence-corrected chi connectivity index (χ1v) is 6.02. The number of esters is 2. The molecule has 0 aromatic carbocycles. The predicted octanol–water partition coefficient (Wildman–Crippen LogP) is 1.76. The fourth-order valence-corrected chi connectivity index (χ4v) is 2.17. The Bertz CT molecular complexity index is 654. The summed E-state index contributed by atoms with van der Waals surface area (Å²) in [6.45, 7) is 0. The monoisotopic (exact) mass is 287 g/mol. The van der Waals surface area contributed by atoms with Crippen LogP contribution < -0.4 is 5.73 Å². The molecule has 2 aliphatic rings. The molecule has 0 aliphatic heterocycles. The molecule has 0 aromatic heterocycles. The molecule has 0 fully saturated rings. The molecule has 2 N–H and O–H groups in total. The van der Waals surface area contributed by atoms with Gasteiger partial charge in [0.05, 0.1) is 31.0 Å². The van der Waals surface area contributed by atoms with Gasteiger partial charge >= 0.3 is 11.9 Å². The highest BCUT2D eigenvalue weighted by Gasteiger charge is 2.30. The number of methoxy groups -OCH3 is 2. The van der Waals surface area contributed by atoms with Crippen LogP contribution in [-0.2, 0) is 9.47 Å². The minimum atomic E-state index is -0.661. The van der Waals surface area contributed by atoms with Crippen LogP contribution in [0, 0.1) is 0 Å². The van der Waals surface area contributed by atoms with Crippen LogP contribution in [0.4, 0.5) is 5.69 Å². The van der Waals surface area contributed by atoms with Crippen molar-refractivity contribution in [1.29, 1.82) is 0 Å². The molecule has 0 atom stereocenters. The number of fused-ring (bicyclic) bond motifs is 1. The number of hydrogen-bond donors (Lipinski definition) is 1. The highest BCUT2D eigenvalue weighted by atomic mass is 16.5. The molecule has 0 unspecified atom stereocenters. The standard InChI is InChI=1S/C15H13NO5/c1-20-14(18)11-9-5-3-8(7-17)4-6-10(9)12(13(11)16)15(19)21-2/h3-7H,16H2,1-2H3. The first kappa shape index (κ1) is 14.5. The molecular weight excluding hydrogens is 274 g/mol. The SMILES string of the molecule is COC(=O)c1c2ccc(C=O)ccc-2c(C(=O)OC)c1N. The van der Waals surface area contributed by atoms with Gasteiger partial charge < -0.3 is 15.2 Å². The van der Waals surface area contributed by atoms with Crippen molar-refractivity contribution in [2.45, 2.75) is 0 Å². The number of nitrogens with two attached hydrogens (primary N) is 1. The molecule has 0 heterocycles. The highest BCUT2D eigenvalue weighted by molar-refractivity contribution is 6.15. The maximum atomic E-state index is 11.9. The second-order valence-electron chi connectivity index (χ2n) is 4.26. The summed E-state index contributed by atoms with van der Waals surface area (Å²) in [5, 5.41) is 0. The van der Waals surface area contributed by atoms with Gasteiger partial charge in [-0.1, -0.05) is 24.3 Å². The minimum absolute atomic E-state index is 0.00236. The number of aldehydes is 1. The summed E-state index contributed by atoms with van der Waals surface area (Å²) in [6.07, 6.45) is 0.665. The molecule has 2 aliphatic carbocycles. The van der Waals surface area contributed by atoms with Crippen molar-refractivity contribution in [3.8, 4) is 11.1 Å². The van der Waals surface area contributed by atoms with Crippen LogP contribution >= 0.6 is 0 Å². The van der Waals surface area contributed by atoms with E-state index in [1.165, 1.54) is 26.4 Å². The maximum Gasteiger partial charge on any atom is 0.340 e. The number of hydrogen-bond acceptors (Lipinski definition) is 6. The third-order valence-electron chi connectivity index (χ3n) is 3.17. The van der Waals surface area contributed by atoms with E-state index in [1.807, 2.05) is 0 Å². The van der Waals surface area contributed by atoms with E-state index in [1.54, 1.807) is 12.1 Å². The molecule has 108 valence electrons. The molecule has 0 spiro atoms. The summed E-state index contributed by atoms with van der Waals surface area (Å²) < 4.78 is 9.40. The molecule has 6 heteroatoms. The van der Waals surface area contributed by atoms with E-state index in [2.05, 4.69) is 0 Å². The Balaban J connectivity index is 2.85. The first-order chi connectivity index (χ1) is 10.0. The maximum absolute atomic E-state index is 11.9. The van der Waals surface area contributed by atoms with E-state index >= 15 is 0 Å². The van der Waals surface area contributed by atoms with E-state index in [0.717, 1.165) is 0 Å². The lowest BCUT2D eigenvalue weighted by molar-refractivity contribution is 0.0600. The average Bonchev–Trinajstić information content (AvgIpc) is 2.64. The van der Waals surface area contributed by atoms with Crippen LogP contribution in [0.25, 0.3) is 11.1 Å². The zero-order valence-corrected chi connectivity index (χ0v) is 11.5. The Morgan fingerprint density at radius 3 is 1.71 bits per heavy atom. The fourth-order valence-electron chi connectivity index (χ4n) is 2.17. The number of rotatable bonds is 3. The third kappa shape index (κ3) is 2.31.